The minimum absolute atomic E-state index is 0.0588. The van der Waals surface area contributed by atoms with E-state index in [1.54, 1.807) is 10.6 Å². The molecular weight excluding hydrogens is 439 g/mol. The average molecular weight is 467 g/mol. The maximum absolute atomic E-state index is 15.1. The number of piperazine rings is 1. The summed E-state index contributed by atoms with van der Waals surface area (Å²) >= 11 is 0. The van der Waals surface area contributed by atoms with Gasteiger partial charge in [-0.1, -0.05) is 35.0 Å². The Bertz CT molecular complexity index is 1310. The lowest BCUT2D eigenvalue weighted by Crippen LogP contribution is -2.48. The molecule has 3 aromatic rings. The molecule has 34 heavy (non-hydrogen) atoms. The third kappa shape index (κ3) is 4.51. The van der Waals surface area contributed by atoms with E-state index in [4.69, 9.17) is 0 Å². The molecule has 0 unspecified atom stereocenters. The van der Waals surface area contributed by atoms with Crippen LogP contribution in [-0.4, -0.2) is 64.2 Å². The molecule has 9 heteroatoms. The second-order valence-electron chi connectivity index (χ2n) is 8.46. The van der Waals surface area contributed by atoms with Crippen LogP contribution >= 0.6 is 0 Å². The van der Waals surface area contributed by atoms with Crippen molar-refractivity contribution in [2.45, 2.75) is 20.4 Å². The van der Waals surface area contributed by atoms with Gasteiger partial charge in [-0.05, 0) is 26.0 Å². The molecule has 8 nitrogen and oxygen atoms in total. The van der Waals surface area contributed by atoms with E-state index >= 15 is 4.39 Å². The molecule has 178 valence electrons. The van der Waals surface area contributed by atoms with Crippen LogP contribution in [0.2, 0.25) is 0 Å². The first kappa shape index (κ1) is 23.4. The van der Waals surface area contributed by atoms with Crippen LogP contribution in [0.1, 0.15) is 28.4 Å². The summed E-state index contributed by atoms with van der Waals surface area (Å²) in [4.78, 5) is 28.1. The Balaban J connectivity index is 1.54. The van der Waals surface area contributed by atoms with Crippen molar-refractivity contribution < 1.29 is 19.5 Å². The van der Waals surface area contributed by atoms with E-state index in [1.165, 1.54) is 6.20 Å². The van der Waals surface area contributed by atoms with E-state index in [1.807, 2.05) is 43.0 Å². The molecule has 0 amide bonds. The van der Waals surface area contributed by atoms with Gasteiger partial charge in [0.2, 0.25) is 5.43 Å². The highest BCUT2D eigenvalue weighted by atomic mass is 19.1. The molecule has 1 saturated heterocycles. The Morgan fingerprint density at radius 3 is 2.38 bits per heavy atom. The zero-order valence-electron chi connectivity index (χ0n) is 19.2. The van der Waals surface area contributed by atoms with Crippen molar-refractivity contribution in [3.05, 3.63) is 75.3 Å². The van der Waals surface area contributed by atoms with Crippen molar-refractivity contribution in [3.63, 3.8) is 0 Å². The Labute approximate surface area is 196 Å². The molecule has 0 saturated carbocycles. The molecule has 0 spiro atoms. The molecule has 2 N–H and O–H groups in total. The number of oxime groups is 1. The maximum Gasteiger partial charge on any atom is 0.341 e. The first-order chi connectivity index (χ1) is 16.3. The number of halogens is 1. The minimum Gasteiger partial charge on any atom is -0.477 e. The zero-order valence-corrected chi connectivity index (χ0v) is 19.2. The number of carboxylic acids is 1. The number of carbonyl (C=O) groups is 1. The van der Waals surface area contributed by atoms with Gasteiger partial charge in [-0.25, -0.2) is 9.18 Å². The number of pyridine rings is 1. The average Bonchev–Trinajstić information content (AvgIpc) is 2.83. The smallest absolute Gasteiger partial charge is 0.341 e. The van der Waals surface area contributed by atoms with E-state index in [0.717, 1.165) is 17.2 Å². The fraction of sp³-hybridized carbons (Fsp3) is 0.320. The Morgan fingerprint density at radius 2 is 1.79 bits per heavy atom. The third-order valence-corrected chi connectivity index (χ3v) is 6.31. The quantitative estimate of drug-likeness (QED) is 0.329. The normalized spacial score (nSPS) is 15.1. The van der Waals surface area contributed by atoms with E-state index in [0.29, 0.717) is 56.2 Å². The summed E-state index contributed by atoms with van der Waals surface area (Å²) in [7, 11) is 0. The number of anilines is 1. The lowest BCUT2D eigenvalue weighted by molar-refractivity contribution is 0.0695. The molecule has 2 heterocycles. The molecular formula is C25H27FN4O4. The van der Waals surface area contributed by atoms with Crippen molar-refractivity contribution >= 4 is 28.3 Å². The van der Waals surface area contributed by atoms with Gasteiger partial charge in [-0.15, -0.1) is 0 Å². The summed E-state index contributed by atoms with van der Waals surface area (Å²) in [6, 6.07) is 10.6. The highest BCUT2D eigenvalue weighted by Gasteiger charge is 2.23. The van der Waals surface area contributed by atoms with Crippen LogP contribution in [0.5, 0.6) is 0 Å². The van der Waals surface area contributed by atoms with Gasteiger partial charge in [0.1, 0.15) is 17.1 Å². The van der Waals surface area contributed by atoms with E-state index < -0.39 is 17.2 Å². The molecule has 4 rings (SSSR count). The number of benzene rings is 2. The number of aromatic nitrogens is 1. The first-order valence-electron chi connectivity index (χ1n) is 11.2. The van der Waals surface area contributed by atoms with Crippen molar-refractivity contribution in [1.82, 2.24) is 9.47 Å². The summed E-state index contributed by atoms with van der Waals surface area (Å²) in [6.45, 7) is 7.14. The van der Waals surface area contributed by atoms with Crippen LogP contribution in [0.3, 0.4) is 0 Å². The van der Waals surface area contributed by atoms with Crippen LogP contribution in [0.25, 0.3) is 10.9 Å². The second kappa shape index (κ2) is 9.64. The van der Waals surface area contributed by atoms with Crippen LogP contribution < -0.4 is 10.3 Å². The van der Waals surface area contributed by atoms with Gasteiger partial charge >= 0.3 is 5.97 Å². The number of nitrogens with zero attached hydrogens (tertiary/aromatic N) is 4. The second-order valence-corrected chi connectivity index (χ2v) is 8.46. The topological polar surface area (TPSA) is 98.4 Å². The third-order valence-electron chi connectivity index (χ3n) is 6.31. The van der Waals surface area contributed by atoms with Crippen molar-refractivity contribution in [2.24, 2.45) is 5.16 Å². The molecule has 0 radical (unpaired) electrons. The maximum atomic E-state index is 15.1. The lowest BCUT2D eigenvalue weighted by atomic mass is 10.1. The van der Waals surface area contributed by atoms with Gasteiger partial charge in [-0.3, -0.25) is 9.69 Å². The Hall–Kier alpha value is -3.72. The molecule has 0 aliphatic carbocycles. The predicted molar refractivity (Wildman–Crippen MR) is 129 cm³/mol. The van der Waals surface area contributed by atoms with Gasteiger partial charge in [-0.2, -0.15) is 0 Å². The minimum atomic E-state index is -1.33. The van der Waals surface area contributed by atoms with Crippen molar-refractivity contribution in [1.29, 1.82) is 0 Å². The number of carboxylic acid groups (broad SMARTS) is 1. The molecule has 0 atom stereocenters. The fourth-order valence-corrected chi connectivity index (χ4v) is 4.34. The molecule has 1 aliphatic rings. The van der Waals surface area contributed by atoms with E-state index in [9.17, 15) is 19.9 Å². The standard InChI is InChI=1S/C25H27FN4O4/c1-3-29-14-19(25(32)33)24(31)18-12-20(26)23(13-22(18)29)30-10-8-28(9-11-30)15-21(27-34)17-6-4-16(2)5-7-17/h4-7,12-14,34H,3,8-11,15H2,1-2H3,(H,32,33)/b27-21-. The number of rotatable bonds is 6. The van der Waals surface area contributed by atoms with Gasteiger partial charge in [0, 0.05) is 56.4 Å². The Kier molecular flexibility index (Phi) is 6.65. The summed E-state index contributed by atoms with van der Waals surface area (Å²) in [5.41, 5.74) is 2.39. The van der Waals surface area contributed by atoms with Crippen LogP contribution in [0.4, 0.5) is 10.1 Å². The first-order valence-corrected chi connectivity index (χ1v) is 11.2. The fourth-order valence-electron chi connectivity index (χ4n) is 4.34. The zero-order chi connectivity index (χ0) is 24.4. The number of aromatic carboxylic acids is 1. The lowest BCUT2D eigenvalue weighted by Gasteiger charge is -2.36. The van der Waals surface area contributed by atoms with Crippen LogP contribution in [0, 0.1) is 12.7 Å². The van der Waals surface area contributed by atoms with Gasteiger partial charge in [0.15, 0.2) is 0 Å². The van der Waals surface area contributed by atoms with E-state index in [2.05, 4.69) is 10.1 Å². The van der Waals surface area contributed by atoms with Crippen LogP contribution in [-0.2, 0) is 6.54 Å². The molecule has 0 bridgehead atoms. The van der Waals surface area contributed by atoms with Crippen molar-refractivity contribution in [2.75, 3.05) is 37.6 Å². The SMILES string of the molecule is CCn1cc(C(=O)O)c(=O)c2cc(F)c(N3CCN(C/C(=N/O)c4ccc(C)cc4)CC3)cc21. The number of fused-ring (bicyclic) bond motifs is 1. The predicted octanol–water partition coefficient (Wildman–Crippen LogP) is 3.17. The summed E-state index contributed by atoms with van der Waals surface area (Å²) < 4.78 is 16.7. The number of hydrogen-bond acceptors (Lipinski definition) is 6. The van der Waals surface area contributed by atoms with Gasteiger partial charge in [0.25, 0.3) is 0 Å². The summed E-state index contributed by atoms with van der Waals surface area (Å²) in [5.74, 6) is -1.88. The largest absolute Gasteiger partial charge is 0.477 e. The highest BCUT2D eigenvalue weighted by molar-refractivity contribution is 6.01. The highest BCUT2D eigenvalue weighted by Crippen LogP contribution is 2.26. The van der Waals surface area contributed by atoms with Gasteiger partial charge in [0.05, 0.1) is 11.2 Å². The van der Waals surface area contributed by atoms with Crippen LogP contribution in [0.15, 0.2) is 52.5 Å². The van der Waals surface area contributed by atoms with E-state index in [-0.39, 0.29) is 10.9 Å². The Morgan fingerprint density at radius 1 is 1.12 bits per heavy atom. The molecule has 1 aliphatic heterocycles. The van der Waals surface area contributed by atoms with Crippen molar-refractivity contribution in [3.8, 4) is 0 Å². The number of hydrogen-bond donors (Lipinski definition) is 2. The number of aryl methyl sites for hydroxylation is 2. The molecule has 1 aromatic heterocycles. The molecule has 2 aromatic carbocycles. The summed E-state index contributed by atoms with van der Waals surface area (Å²) in [6.07, 6.45) is 1.31. The van der Waals surface area contributed by atoms with Gasteiger partial charge < -0.3 is 19.8 Å². The summed E-state index contributed by atoms with van der Waals surface area (Å²) in [5, 5.41) is 22.4. The molecule has 1 fully saturated rings. The monoisotopic (exact) mass is 466 g/mol.